The van der Waals surface area contributed by atoms with Crippen LogP contribution in [0.1, 0.15) is 10.5 Å². The van der Waals surface area contributed by atoms with Crippen molar-refractivity contribution in [2.45, 2.75) is 0 Å². The SMILES string of the molecule is O=C(O)c1cn(-c2c(Cl)cc(Cl)cc2Cl)cn1. The maximum absolute atomic E-state index is 10.7. The first kappa shape index (κ1) is 12.2. The normalized spacial score (nSPS) is 10.5. The number of aromatic carboxylic acids is 1. The predicted octanol–water partition coefficient (Wildman–Crippen LogP) is 3.53. The lowest BCUT2D eigenvalue weighted by Gasteiger charge is -2.07. The summed E-state index contributed by atoms with van der Waals surface area (Å²) in [6, 6.07) is 3.04. The zero-order valence-corrected chi connectivity index (χ0v) is 10.5. The molecule has 0 atom stereocenters. The average molecular weight is 292 g/mol. The van der Waals surface area contributed by atoms with Gasteiger partial charge in [0.1, 0.15) is 6.33 Å². The fourth-order valence-electron chi connectivity index (χ4n) is 1.34. The largest absolute Gasteiger partial charge is 0.476 e. The molecule has 0 bridgehead atoms. The summed E-state index contributed by atoms with van der Waals surface area (Å²) in [4.78, 5) is 14.4. The molecule has 2 aromatic rings. The Morgan fingerprint density at radius 1 is 1.24 bits per heavy atom. The molecule has 0 aliphatic heterocycles. The fourth-order valence-corrected chi connectivity index (χ4v) is 2.35. The van der Waals surface area contributed by atoms with Crippen LogP contribution in [0.15, 0.2) is 24.7 Å². The summed E-state index contributed by atoms with van der Waals surface area (Å²) in [5, 5.41) is 9.80. The van der Waals surface area contributed by atoms with E-state index in [2.05, 4.69) is 4.98 Å². The topological polar surface area (TPSA) is 55.1 Å². The van der Waals surface area contributed by atoms with Crippen molar-refractivity contribution < 1.29 is 9.90 Å². The average Bonchev–Trinajstić information content (AvgIpc) is 2.65. The Morgan fingerprint density at radius 2 is 1.82 bits per heavy atom. The van der Waals surface area contributed by atoms with Crippen LogP contribution < -0.4 is 0 Å². The van der Waals surface area contributed by atoms with Crippen molar-refractivity contribution in [3.05, 3.63) is 45.4 Å². The Hall–Kier alpha value is -1.23. The molecule has 0 fully saturated rings. The molecule has 0 aliphatic rings. The van der Waals surface area contributed by atoms with Gasteiger partial charge in [-0.05, 0) is 12.1 Å². The van der Waals surface area contributed by atoms with E-state index in [0.29, 0.717) is 20.8 Å². The van der Waals surface area contributed by atoms with Crippen LogP contribution in [-0.4, -0.2) is 20.6 Å². The van der Waals surface area contributed by atoms with E-state index in [1.54, 1.807) is 0 Å². The van der Waals surface area contributed by atoms with Gasteiger partial charge in [0.15, 0.2) is 5.69 Å². The highest BCUT2D eigenvalue weighted by atomic mass is 35.5. The highest BCUT2D eigenvalue weighted by molar-refractivity contribution is 6.40. The van der Waals surface area contributed by atoms with Crippen LogP contribution in [-0.2, 0) is 0 Å². The summed E-state index contributed by atoms with van der Waals surface area (Å²) in [5.74, 6) is -1.12. The highest BCUT2D eigenvalue weighted by Gasteiger charge is 2.13. The number of hydrogen-bond donors (Lipinski definition) is 1. The molecule has 0 radical (unpaired) electrons. The molecule has 4 nitrogen and oxygen atoms in total. The predicted molar refractivity (Wildman–Crippen MR) is 65.6 cm³/mol. The van der Waals surface area contributed by atoms with Gasteiger partial charge in [-0.2, -0.15) is 0 Å². The Balaban J connectivity index is 2.56. The number of rotatable bonds is 2. The third-order valence-corrected chi connectivity index (χ3v) is 2.84. The third-order valence-electron chi connectivity index (χ3n) is 2.04. The lowest BCUT2D eigenvalue weighted by atomic mass is 10.3. The summed E-state index contributed by atoms with van der Waals surface area (Å²) in [6.07, 6.45) is 2.65. The lowest BCUT2D eigenvalue weighted by molar-refractivity contribution is 0.0691. The first-order valence-electron chi connectivity index (χ1n) is 4.41. The summed E-state index contributed by atoms with van der Waals surface area (Å²) < 4.78 is 1.43. The smallest absolute Gasteiger partial charge is 0.356 e. The lowest BCUT2D eigenvalue weighted by Crippen LogP contribution is -1.96. The number of nitrogens with zero attached hydrogens (tertiary/aromatic N) is 2. The second-order valence-electron chi connectivity index (χ2n) is 3.19. The van der Waals surface area contributed by atoms with Crippen molar-refractivity contribution in [3.63, 3.8) is 0 Å². The number of hydrogen-bond acceptors (Lipinski definition) is 2. The molecule has 1 heterocycles. The van der Waals surface area contributed by atoms with E-state index in [9.17, 15) is 4.79 Å². The van der Waals surface area contributed by atoms with E-state index in [1.807, 2.05) is 0 Å². The van der Waals surface area contributed by atoms with Crippen molar-refractivity contribution in [2.24, 2.45) is 0 Å². The summed E-state index contributed by atoms with van der Waals surface area (Å²) >= 11 is 17.8. The van der Waals surface area contributed by atoms with E-state index in [1.165, 1.54) is 29.2 Å². The van der Waals surface area contributed by atoms with Gasteiger partial charge in [-0.25, -0.2) is 9.78 Å². The van der Waals surface area contributed by atoms with Gasteiger partial charge in [-0.3, -0.25) is 0 Å². The van der Waals surface area contributed by atoms with E-state index in [4.69, 9.17) is 39.9 Å². The van der Waals surface area contributed by atoms with Gasteiger partial charge in [-0.1, -0.05) is 34.8 Å². The van der Waals surface area contributed by atoms with Crippen molar-refractivity contribution in [2.75, 3.05) is 0 Å². The van der Waals surface area contributed by atoms with Crippen molar-refractivity contribution in [3.8, 4) is 5.69 Å². The molecule has 7 heteroatoms. The maximum Gasteiger partial charge on any atom is 0.356 e. The minimum Gasteiger partial charge on any atom is -0.476 e. The van der Waals surface area contributed by atoms with Crippen LogP contribution in [0.3, 0.4) is 0 Å². The summed E-state index contributed by atoms with van der Waals surface area (Å²) in [5.41, 5.74) is 0.352. The van der Waals surface area contributed by atoms with Gasteiger partial charge < -0.3 is 9.67 Å². The standard InChI is InChI=1S/C10H5Cl3N2O2/c11-5-1-6(12)9(7(13)2-5)15-3-8(10(16)17)14-4-15/h1-4H,(H,16,17). The zero-order chi connectivity index (χ0) is 12.6. The van der Waals surface area contributed by atoms with Gasteiger partial charge in [0.2, 0.25) is 0 Å². The molecule has 0 aliphatic carbocycles. The Bertz CT molecular complexity index is 572. The molecule has 0 amide bonds. The number of imidazole rings is 1. The molecule has 1 aromatic carbocycles. The molecule has 1 aromatic heterocycles. The van der Waals surface area contributed by atoms with Crippen LogP contribution in [0.4, 0.5) is 0 Å². The monoisotopic (exact) mass is 290 g/mol. The molecule has 1 N–H and O–H groups in total. The fraction of sp³-hybridized carbons (Fsp3) is 0. The molecule has 17 heavy (non-hydrogen) atoms. The van der Waals surface area contributed by atoms with Gasteiger partial charge in [-0.15, -0.1) is 0 Å². The molecular weight excluding hydrogens is 286 g/mol. The van der Waals surface area contributed by atoms with Crippen LogP contribution in [0, 0.1) is 0 Å². The van der Waals surface area contributed by atoms with Crippen LogP contribution >= 0.6 is 34.8 Å². The van der Waals surface area contributed by atoms with Crippen LogP contribution in [0.2, 0.25) is 15.1 Å². The van der Waals surface area contributed by atoms with E-state index < -0.39 is 5.97 Å². The van der Waals surface area contributed by atoms with Crippen molar-refractivity contribution in [1.29, 1.82) is 0 Å². The van der Waals surface area contributed by atoms with Gasteiger partial charge >= 0.3 is 5.97 Å². The molecular formula is C10H5Cl3N2O2. The van der Waals surface area contributed by atoms with Gasteiger partial charge in [0.25, 0.3) is 0 Å². The van der Waals surface area contributed by atoms with E-state index >= 15 is 0 Å². The second kappa shape index (κ2) is 4.56. The number of benzene rings is 1. The zero-order valence-electron chi connectivity index (χ0n) is 8.19. The number of carbonyl (C=O) groups is 1. The molecule has 0 saturated carbocycles. The first-order valence-corrected chi connectivity index (χ1v) is 5.54. The van der Waals surface area contributed by atoms with Gasteiger partial charge in [0.05, 0.1) is 15.7 Å². The maximum atomic E-state index is 10.7. The Morgan fingerprint density at radius 3 is 2.29 bits per heavy atom. The van der Waals surface area contributed by atoms with Gasteiger partial charge in [0, 0.05) is 11.2 Å². The second-order valence-corrected chi connectivity index (χ2v) is 4.44. The van der Waals surface area contributed by atoms with Crippen molar-refractivity contribution in [1.82, 2.24) is 9.55 Å². The van der Waals surface area contributed by atoms with Crippen LogP contribution in [0.5, 0.6) is 0 Å². The Kier molecular flexibility index (Phi) is 3.28. The molecule has 88 valence electrons. The molecule has 2 rings (SSSR count). The number of carboxylic acids is 1. The number of halogens is 3. The molecule has 0 saturated heterocycles. The summed E-state index contributed by atoms with van der Waals surface area (Å²) in [6.45, 7) is 0. The Labute approximate surface area is 111 Å². The summed E-state index contributed by atoms with van der Waals surface area (Å²) in [7, 11) is 0. The highest BCUT2D eigenvalue weighted by Crippen LogP contribution is 2.32. The quantitative estimate of drug-likeness (QED) is 0.921. The minimum absolute atomic E-state index is 0.0907. The number of carboxylic acid groups (broad SMARTS) is 1. The van der Waals surface area contributed by atoms with Crippen molar-refractivity contribution >= 4 is 40.8 Å². The first-order chi connectivity index (χ1) is 7.99. The minimum atomic E-state index is -1.12. The molecule has 0 spiro atoms. The van der Waals surface area contributed by atoms with E-state index in [-0.39, 0.29) is 5.69 Å². The molecule has 0 unspecified atom stereocenters. The number of aromatic nitrogens is 2. The van der Waals surface area contributed by atoms with Crippen LogP contribution in [0.25, 0.3) is 5.69 Å². The third kappa shape index (κ3) is 2.39. The van der Waals surface area contributed by atoms with E-state index in [0.717, 1.165) is 0 Å².